The molecule has 46 heavy (non-hydrogen) atoms. The second kappa shape index (κ2) is 11.9. The van der Waals surface area contributed by atoms with E-state index in [0.717, 1.165) is 39.3 Å². The highest BCUT2D eigenvalue weighted by Crippen LogP contribution is 2.58. The number of aryl methyl sites for hydroxylation is 2. The molecule has 7 heteroatoms. The monoisotopic (exact) mass is 644 g/mol. The largest absolute Gasteiger partial charge is 0.497 e. The molecular weight excluding hydrogens is 605 g/mol. The third-order valence-electron chi connectivity index (χ3n) is 9.59. The molecule has 0 spiro atoms. The molecule has 0 amide bonds. The first kappa shape index (κ1) is 30.5. The number of hydrogen-bond donors (Lipinski definition) is 0. The maximum absolute atomic E-state index is 7.47. The minimum atomic E-state index is -1.04. The first-order valence-corrected chi connectivity index (χ1v) is 19.0. The van der Waals surface area contributed by atoms with Crippen LogP contribution in [-0.4, -0.2) is 40.6 Å². The maximum Gasteiger partial charge on any atom is 0.293 e. The fourth-order valence-electron chi connectivity index (χ4n) is 7.27. The molecule has 0 N–H and O–H groups in total. The molecular formula is C39H40O5Si2. The van der Waals surface area contributed by atoms with Gasteiger partial charge in [-0.2, -0.15) is 0 Å². The van der Waals surface area contributed by atoms with Gasteiger partial charge in [-0.25, -0.2) is 0 Å². The predicted molar refractivity (Wildman–Crippen MR) is 192 cm³/mol. The highest BCUT2D eigenvalue weighted by Gasteiger charge is 2.46. The fraction of sp³-hybridized carbons (Fsp3) is 0.231. The van der Waals surface area contributed by atoms with Gasteiger partial charge in [0, 0.05) is 34.1 Å². The van der Waals surface area contributed by atoms with Gasteiger partial charge < -0.3 is 22.8 Å². The highest BCUT2D eigenvalue weighted by atomic mass is 28.3. The summed E-state index contributed by atoms with van der Waals surface area (Å²) in [6, 6.07) is 30.0. The van der Waals surface area contributed by atoms with Gasteiger partial charge in [-0.1, -0.05) is 78.3 Å². The highest BCUT2D eigenvalue weighted by molar-refractivity contribution is 6.37. The van der Waals surface area contributed by atoms with Crippen molar-refractivity contribution >= 4 is 36.6 Å². The molecule has 0 fully saturated rings. The molecule has 1 aliphatic carbocycles. The Morgan fingerprint density at radius 2 is 1.39 bits per heavy atom. The van der Waals surface area contributed by atoms with Gasteiger partial charge in [0.25, 0.3) is 10.0 Å². The molecule has 0 saturated carbocycles. The number of rotatable bonds is 9. The van der Waals surface area contributed by atoms with E-state index in [1.54, 1.807) is 14.2 Å². The number of fused-ring (bicyclic) bond motifs is 8. The molecule has 0 radical (unpaired) electrons. The summed E-state index contributed by atoms with van der Waals surface area (Å²) in [5.74, 6) is 2.49. The summed E-state index contributed by atoms with van der Waals surface area (Å²) in [5.41, 5.74) is 9.42. The fourth-order valence-corrected chi connectivity index (χ4v) is 8.90. The number of ether oxygens (including phenoxy) is 3. The molecule has 0 aromatic heterocycles. The first-order chi connectivity index (χ1) is 22.3. The van der Waals surface area contributed by atoms with Crippen LogP contribution in [0, 0.1) is 13.8 Å². The van der Waals surface area contributed by atoms with Crippen LogP contribution in [0.2, 0.25) is 6.55 Å². The molecule has 234 valence electrons. The lowest BCUT2D eigenvalue weighted by Gasteiger charge is -2.39. The molecule has 5 aromatic carbocycles. The van der Waals surface area contributed by atoms with E-state index in [2.05, 4.69) is 100 Å². The van der Waals surface area contributed by atoms with Crippen LogP contribution in [0.5, 0.6) is 17.2 Å². The minimum absolute atomic E-state index is 0.376. The summed E-state index contributed by atoms with van der Waals surface area (Å²) in [5, 5.41) is 2.30. The molecule has 2 aliphatic rings. The lowest BCUT2D eigenvalue weighted by atomic mass is 9.76. The van der Waals surface area contributed by atoms with Crippen molar-refractivity contribution in [2.75, 3.05) is 20.8 Å². The molecule has 0 bridgehead atoms. The molecule has 1 aliphatic heterocycles. The van der Waals surface area contributed by atoms with Crippen molar-refractivity contribution in [1.29, 1.82) is 0 Å². The van der Waals surface area contributed by atoms with Crippen LogP contribution in [0.4, 0.5) is 0 Å². The minimum Gasteiger partial charge on any atom is -0.497 e. The average molecular weight is 645 g/mol. The van der Waals surface area contributed by atoms with Gasteiger partial charge in [0.05, 0.1) is 14.2 Å². The van der Waals surface area contributed by atoms with E-state index >= 15 is 0 Å². The SMILES string of the molecule is COc1ccc(C2(c3ccc(OC)cc3)C=Cc3c4c(c5ccc(C)cc5c3O2)-c2ccc(C)cc2C4(C)CO[SiH2]O[SiH2]C)cc1. The Morgan fingerprint density at radius 3 is 2.02 bits per heavy atom. The van der Waals surface area contributed by atoms with Crippen molar-refractivity contribution in [2.24, 2.45) is 0 Å². The third kappa shape index (κ3) is 4.81. The molecule has 5 aromatic rings. The Bertz CT molecular complexity index is 1920. The summed E-state index contributed by atoms with van der Waals surface area (Å²) in [6.07, 6.45) is 4.51. The zero-order valence-corrected chi connectivity index (χ0v) is 30.2. The zero-order chi connectivity index (χ0) is 32.1. The maximum atomic E-state index is 7.47. The number of benzene rings is 5. The molecule has 1 atom stereocenters. The second-order valence-electron chi connectivity index (χ2n) is 12.5. The van der Waals surface area contributed by atoms with E-state index < -0.39 is 25.4 Å². The topological polar surface area (TPSA) is 46.2 Å². The smallest absolute Gasteiger partial charge is 0.293 e. The lowest BCUT2D eigenvalue weighted by Crippen LogP contribution is -2.36. The Balaban J connectivity index is 1.51. The standard InChI is InChI=1S/C39H40O5Si2/c1-24-7-17-30-33(21-24)37-32(36-35(30)31-18-8-25(2)22-34(31)38(36,3)23-42-46-44-45-6)19-20-39(43-37,26-9-13-28(40-4)14-10-26)27-11-15-29(41-5)16-12-27/h7-22H,23,45-46H2,1-6H3. The van der Waals surface area contributed by atoms with Crippen LogP contribution in [-0.2, 0) is 19.6 Å². The molecule has 1 unspecified atom stereocenters. The third-order valence-corrected chi connectivity index (χ3v) is 12.3. The van der Waals surface area contributed by atoms with Gasteiger partial charge in [0.2, 0.25) is 0 Å². The van der Waals surface area contributed by atoms with Crippen molar-refractivity contribution in [1.82, 2.24) is 0 Å². The predicted octanol–water partition coefficient (Wildman–Crippen LogP) is 7.27. The van der Waals surface area contributed by atoms with E-state index in [-0.39, 0.29) is 5.41 Å². The second-order valence-corrected chi connectivity index (χ2v) is 15.4. The van der Waals surface area contributed by atoms with Crippen molar-refractivity contribution in [3.05, 3.63) is 130 Å². The summed E-state index contributed by atoms with van der Waals surface area (Å²) in [6.45, 7) is 9.37. The van der Waals surface area contributed by atoms with Crippen LogP contribution < -0.4 is 14.2 Å². The van der Waals surface area contributed by atoms with Crippen molar-refractivity contribution < 1.29 is 22.8 Å². The van der Waals surface area contributed by atoms with Gasteiger partial charge in [0.15, 0.2) is 5.60 Å². The Labute approximate surface area is 276 Å². The quantitative estimate of drug-likeness (QED) is 0.125. The first-order valence-electron chi connectivity index (χ1n) is 15.9. The number of hydrogen-bond acceptors (Lipinski definition) is 5. The van der Waals surface area contributed by atoms with Gasteiger partial charge in [-0.3, -0.25) is 0 Å². The van der Waals surface area contributed by atoms with E-state index in [1.807, 2.05) is 24.3 Å². The van der Waals surface area contributed by atoms with Crippen molar-refractivity contribution in [3.8, 4) is 28.4 Å². The summed E-state index contributed by atoms with van der Waals surface area (Å²) in [7, 11) is 1.84. The van der Waals surface area contributed by atoms with Gasteiger partial charge in [-0.05, 0) is 84.8 Å². The molecule has 0 saturated heterocycles. The van der Waals surface area contributed by atoms with Crippen LogP contribution in [0.15, 0.2) is 91.0 Å². The summed E-state index contributed by atoms with van der Waals surface area (Å²) >= 11 is 0. The van der Waals surface area contributed by atoms with Gasteiger partial charge in [0.1, 0.15) is 27.0 Å². The van der Waals surface area contributed by atoms with Gasteiger partial charge in [-0.15, -0.1) is 0 Å². The normalized spacial score (nSPS) is 17.8. The average Bonchev–Trinajstić information content (AvgIpc) is 3.34. The molecule has 5 nitrogen and oxygen atoms in total. The Hall–Kier alpha value is -4.15. The Kier molecular flexibility index (Phi) is 7.89. The van der Waals surface area contributed by atoms with Crippen LogP contribution >= 0.6 is 0 Å². The van der Waals surface area contributed by atoms with E-state index in [0.29, 0.717) is 6.61 Å². The van der Waals surface area contributed by atoms with Crippen molar-refractivity contribution in [2.45, 2.75) is 38.3 Å². The molecule has 1 heterocycles. The lowest BCUT2D eigenvalue weighted by molar-refractivity contribution is 0.162. The summed E-state index contributed by atoms with van der Waals surface area (Å²) < 4.78 is 30.8. The van der Waals surface area contributed by atoms with Crippen LogP contribution in [0.1, 0.15) is 45.9 Å². The zero-order valence-electron chi connectivity index (χ0n) is 27.4. The van der Waals surface area contributed by atoms with E-state index in [1.165, 1.54) is 38.8 Å². The van der Waals surface area contributed by atoms with Gasteiger partial charge >= 0.3 is 0 Å². The van der Waals surface area contributed by atoms with E-state index in [9.17, 15) is 0 Å². The number of methoxy groups -OCH3 is 2. The van der Waals surface area contributed by atoms with Crippen LogP contribution in [0.25, 0.3) is 28.0 Å². The molecule has 7 rings (SSSR count). The Morgan fingerprint density at radius 1 is 0.761 bits per heavy atom. The summed E-state index contributed by atoms with van der Waals surface area (Å²) in [4.78, 5) is 0. The van der Waals surface area contributed by atoms with Crippen LogP contribution in [0.3, 0.4) is 0 Å². The van der Waals surface area contributed by atoms with E-state index in [4.69, 9.17) is 22.8 Å². The van der Waals surface area contributed by atoms with Crippen molar-refractivity contribution in [3.63, 3.8) is 0 Å².